The van der Waals surface area contributed by atoms with Gasteiger partial charge in [-0.15, -0.1) is 0 Å². The fraction of sp³-hybridized carbons (Fsp3) is 0.524. The molecule has 0 radical (unpaired) electrons. The Balaban J connectivity index is 1.48. The molecule has 3 aliphatic rings. The van der Waals surface area contributed by atoms with Crippen LogP contribution in [0, 0.1) is 5.92 Å². The normalized spacial score (nSPS) is 24.9. The van der Waals surface area contributed by atoms with Crippen LogP contribution in [0.2, 0.25) is 0 Å². The number of rotatable bonds is 2. The average Bonchev–Trinajstić information content (AvgIpc) is 3.15. The second kappa shape index (κ2) is 6.66. The van der Waals surface area contributed by atoms with Crippen molar-refractivity contribution in [2.75, 3.05) is 18.8 Å². The molecule has 5 rings (SSSR count). The Morgan fingerprint density at radius 1 is 1.14 bits per heavy atom. The van der Waals surface area contributed by atoms with Crippen molar-refractivity contribution in [3.63, 3.8) is 0 Å². The van der Waals surface area contributed by atoms with Crippen LogP contribution in [0.5, 0.6) is 0 Å². The van der Waals surface area contributed by atoms with E-state index in [1.165, 1.54) is 6.33 Å². The molecular weight excluding hydrogens is 370 g/mol. The molecule has 2 fully saturated rings. The minimum atomic E-state index is -1.20. The van der Waals surface area contributed by atoms with Gasteiger partial charge in [0.15, 0.2) is 0 Å². The zero-order valence-electron chi connectivity index (χ0n) is 16.3. The number of hydrogen-bond donors (Lipinski definition) is 2. The van der Waals surface area contributed by atoms with Gasteiger partial charge in [-0.2, -0.15) is 0 Å². The van der Waals surface area contributed by atoms with Crippen LogP contribution >= 0.6 is 0 Å². The number of nitrogens with zero attached hydrogens (tertiary/aromatic N) is 4. The van der Waals surface area contributed by atoms with E-state index in [0.29, 0.717) is 49.6 Å². The summed E-state index contributed by atoms with van der Waals surface area (Å²) in [4.78, 5) is 35.8. The number of nitrogens with two attached hydrogens (primary N) is 1. The first-order valence-electron chi connectivity index (χ1n) is 10.3. The summed E-state index contributed by atoms with van der Waals surface area (Å²) in [5.41, 5.74) is 6.77. The van der Waals surface area contributed by atoms with Gasteiger partial charge < -0.3 is 20.3 Å². The van der Waals surface area contributed by atoms with E-state index < -0.39 is 5.60 Å². The van der Waals surface area contributed by atoms with Gasteiger partial charge in [-0.3, -0.25) is 9.59 Å². The number of pyridine rings is 1. The lowest BCUT2D eigenvalue weighted by atomic mass is 9.82. The van der Waals surface area contributed by atoms with Crippen LogP contribution in [0.3, 0.4) is 0 Å². The molecule has 29 heavy (non-hydrogen) atoms. The van der Waals surface area contributed by atoms with Crippen molar-refractivity contribution in [1.82, 2.24) is 19.4 Å². The largest absolute Gasteiger partial charge is 0.384 e. The van der Waals surface area contributed by atoms with Crippen molar-refractivity contribution in [3.8, 4) is 11.3 Å². The van der Waals surface area contributed by atoms with E-state index in [4.69, 9.17) is 5.73 Å². The second-order valence-corrected chi connectivity index (χ2v) is 8.69. The van der Waals surface area contributed by atoms with E-state index in [2.05, 4.69) is 9.97 Å². The van der Waals surface area contributed by atoms with Crippen molar-refractivity contribution in [3.05, 3.63) is 40.6 Å². The summed E-state index contributed by atoms with van der Waals surface area (Å²) < 4.78 is 1.83. The topological polar surface area (TPSA) is 114 Å². The summed E-state index contributed by atoms with van der Waals surface area (Å²) >= 11 is 0. The van der Waals surface area contributed by atoms with Crippen molar-refractivity contribution in [2.45, 2.75) is 50.2 Å². The predicted octanol–water partition coefficient (Wildman–Crippen LogP) is 1.14. The highest BCUT2D eigenvalue weighted by Gasteiger charge is 2.45. The molecule has 2 bridgehead atoms. The quantitative estimate of drug-likeness (QED) is 0.788. The fourth-order valence-electron chi connectivity index (χ4n) is 5.27. The lowest BCUT2D eigenvalue weighted by Crippen LogP contribution is -2.55. The smallest absolute Gasteiger partial charge is 0.254 e. The van der Waals surface area contributed by atoms with Gasteiger partial charge in [0.25, 0.3) is 11.5 Å². The Morgan fingerprint density at radius 3 is 2.69 bits per heavy atom. The molecule has 0 unspecified atom stereocenters. The molecule has 3 N–H and O–H groups in total. The Morgan fingerprint density at radius 2 is 1.93 bits per heavy atom. The lowest BCUT2D eigenvalue weighted by molar-refractivity contribution is -0.153. The standard InChI is InChI=1S/C21H25N5O3/c22-18-8-16(23-12-24-18)14-6-17-15-5-13(10-26(17)19(27)7-14)9-25(11-15)20(28)21(29)3-1-2-4-21/h6-8,12-13,15,29H,1-5,9-11H2,(H2,22,23,24)/t13-,15+/m0/s1. The first-order valence-corrected chi connectivity index (χ1v) is 10.3. The van der Waals surface area contributed by atoms with Gasteiger partial charge in [0.1, 0.15) is 17.7 Å². The number of amides is 1. The van der Waals surface area contributed by atoms with Crippen LogP contribution in [-0.4, -0.2) is 49.1 Å². The van der Waals surface area contributed by atoms with Gasteiger partial charge in [-0.1, -0.05) is 0 Å². The van der Waals surface area contributed by atoms with Crippen molar-refractivity contribution < 1.29 is 9.90 Å². The summed E-state index contributed by atoms with van der Waals surface area (Å²) in [7, 11) is 0. The van der Waals surface area contributed by atoms with Crippen LogP contribution in [0.1, 0.15) is 43.7 Å². The van der Waals surface area contributed by atoms with Gasteiger partial charge in [0.2, 0.25) is 0 Å². The van der Waals surface area contributed by atoms with E-state index >= 15 is 0 Å². The molecule has 152 valence electrons. The Hall–Kier alpha value is -2.74. The monoisotopic (exact) mass is 395 g/mol. The minimum Gasteiger partial charge on any atom is -0.384 e. The Kier molecular flexibility index (Phi) is 4.20. The van der Waals surface area contributed by atoms with Crippen LogP contribution in [0.25, 0.3) is 11.3 Å². The van der Waals surface area contributed by atoms with Gasteiger partial charge in [-0.05, 0) is 44.1 Å². The molecule has 0 spiro atoms. The maximum absolute atomic E-state index is 13.0. The van der Waals surface area contributed by atoms with Crippen molar-refractivity contribution >= 4 is 11.7 Å². The average molecular weight is 395 g/mol. The molecule has 1 amide bonds. The first-order chi connectivity index (χ1) is 13.9. The van der Waals surface area contributed by atoms with Gasteiger partial charge in [-0.25, -0.2) is 9.97 Å². The highest BCUT2D eigenvalue weighted by molar-refractivity contribution is 5.85. The van der Waals surface area contributed by atoms with Crippen LogP contribution in [0.15, 0.2) is 29.3 Å². The zero-order chi connectivity index (χ0) is 20.2. The molecule has 8 heteroatoms. The number of carbonyl (C=O) groups is 1. The highest BCUT2D eigenvalue weighted by Crippen LogP contribution is 2.39. The predicted molar refractivity (Wildman–Crippen MR) is 107 cm³/mol. The Bertz CT molecular complexity index is 1030. The fourth-order valence-corrected chi connectivity index (χ4v) is 5.27. The number of aliphatic hydroxyl groups is 1. The number of likely N-dealkylation sites (tertiary alicyclic amines) is 1. The molecule has 2 atom stereocenters. The van der Waals surface area contributed by atoms with Crippen LogP contribution in [-0.2, 0) is 11.3 Å². The lowest BCUT2D eigenvalue weighted by Gasteiger charge is -2.44. The number of carbonyl (C=O) groups excluding carboxylic acids is 1. The van der Waals surface area contributed by atoms with Gasteiger partial charge >= 0.3 is 0 Å². The minimum absolute atomic E-state index is 0.0569. The van der Waals surface area contributed by atoms with E-state index in [0.717, 1.165) is 25.0 Å². The van der Waals surface area contributed by atoms with E-state index in [-0.39, 0.29) is 23.3 Å². The molecule has 0 aromatic carbocycles. The molecule has 1 saturated carbocycles. The molecule has 4 heterocycles. The number of anilines is 1. The van der Waals surface area contributed by atoms with Crippen LogP contribution < -0.4 is 11.3 Å². The maximum atomic E-state index is 13.0. The molecular formula is C21H25N5O3. The molecule has 8 nitrogen and oxygen atoms in total. The third-order valence-corrected chi connectivity index (χ3v) is 6.66. The SMILES string of the molecule is Nc1cc(-c2cc3n(c(=O)c2)C[C@H]2C[C@@H]3CN(C(=O)C3(O)CCCC3)C2)ncn1. The molecule has 2 aromatic heterocycles. The van der Waals surface area contributed by atoms with Gasteiger partial charge in [0.05, 0.1) is 5.69 Å². The summed E-state index contributed by atoms with van der Waals surface area (Å²) in [5.74, 6) is 0.518. The van der Waals surface area contributed by atoms with Gasteiger partial charge in [0, 0.05) is 48.9 Å². The molecule has 2 aliphatic heterocycles. The first kappa shape index (κ1) is 18.3. The van der Waals surface area contributed by atoms with Crippen molar-refractivity contribution in [1.29, 1.82) is 0 Å². The highest BCUT2D eigenvalue weighted by atomic mass is 16.3. The summed E-state index contributed by atoms with van der Waals surface area (Å²) in [6.07, 6.45) is 5.22. The summed E-state index contributed by atoms with van der Waals surface area (Å²) in [6, 6.07) is 5.24. The maximum Gasteiger partial charge on any atom is 0.254 e. The summed E-state index contributed by atoms with van der Waals surface area (Å²) in [6.45, 7) is 1.74. The van der Waals surface area contributed by atoms with E-state index in [9.17, 15) is 14.7 Å². The summed E-state index contributed by atoms with van der Waals surface area (Å²) in [5, 5.41) is 10.8. The van der Waals surface area contributed by atoms with Crippen molar-refractivity contribution in [2.24, 2.45) is 5.92 Å². The molecule has 1 aliphatic carbocycles. The molecule has 2 aromatic rings. The third-order valence-electron chi connectivity index (χ3n) is 6.66. The molecule has 1 saturated heterocycles. The third kappa shape index (κ3) is 3.11. The number of fused-ring (bicyclic) bond motifs is 4. The van der Waals surface area contributed by atoms with E-state index in [1.807, 2.05) is 15.5 Å². The van der Waals surface area contributed by atoms with Crippen LogP contribution in [0.4, 0.5) is 5.82 Å². The number of aromatic nitrogens is 3. The Labute approximate surface area is 168 Å². The number of piperidine rings is 1. The zero-order valence-corrected chi connectivity index (χ0v) is 16.3. The second-order valence-electron chi connectivity index (χ2n) is 8.69. The van der Waals surface area contributed by atoms with E-state index in [1.54, 1.807) is 12.1 Å². The number of nitrogen functional groups attached to an aromatic ring is 1. The number of hydrogen-bond acceptors (Lipinski definition) is 6.